The van der Waals surface area contributed by atoms with E-state index in [1.54, 1.807) is 13.0 Å². The first-order valence-electron chi connectivity index (χ1n) is 12.5. The molecule has 2 aromatic carbocycles. The topological polar surface area (TPSA) is 80.0 Å². The number of rotatable bonds is 11. The summed E-state index contributed by atoms with van der Waals surface area (Å²) in [4.78, 5) is 21.2. The lowest BCUT2D eigenvalue weighted by Gasteiger charge is -2.35. The summed E-state index contributed by atoms with van der Waals surface area (Å²) >= 11 is 6.29. The number of phenols is 1. The number of hydrogen-bond donors (Lipinski definition) is 1. The smallest absolute Gasteiger partial charge is 0.347 e. The predicted molar refractivity (Wildman–Crippen MR) is 157 cm³/mol. The Kier molecular flexibility index (Phi) is 9.68. The Hall–Kier alpha value is -2.53. The molecule has 1 heterocycles. The molecule has 0 fully saturated rings. The highest BCUT2D eigenvalue weighted by Gasteiger charge is 2.34. The molecule has 9 heteroatoms. The number of aromatic hydroxyl groups is 1. The van der Waals surface area contributed by atoms with Gasteiger partial charge in [0.1, 0.15) is 5.75 Å². The molecule has 37 heavy (non-hydrogen) atoms. The third-order valence-corrected chi connectivity index (χ3v) is 9.09. The van der Waals surface area contributed by atoms with E-state index in [1.165, 1.54) is 0 Å². The van der Waals surface area contributed by atoms with Crippen LogP contribution in [0.25, 0.3) is 10.9 Å². The van der Waals surface area contributed by atoms with Gasteiger partial charge in [-0.3, -0.25) is 9.88 Å². The molecule has 7 nitrogen and oxygen atoms in total. The van der Waals surface area contributed by atoms with E-state index in [4.69, 9.17) is 16.2 Å². The van der Waals surface area contributed by atoms with Gasteiger partial charge in [-0.2, -0.15) is 0 Å². The second-order valence-electron chi connectivity index (χ2n) is 9.91. The first kappa shape index (κ1) is 29.0. The van der Waals surface area contributed by atoms with Gasteiger partial charge in [0.25, 0.3) is 0 Å². The van der Waals surface area contributed by atoms with Crippen LogP contribution < -0.4 is 9.92 Å². The van der Waals surface area contributed by atoms with Crippen LogP contribution in [0, 0.1) is 11.8 Å². The summed E-state index contributed by atoms with van der Waals surface area (Å²) in [6.07, 6.45) is 0.529. The molecule has 0 radical (unpaired) electrons. The molecule has 1 unspecified atom stereocenters. The van der Waals surface area contributed by atoms with Crippen LogP contribution in [0.1, 0.15) is 52.3 Å². The molecule has 3 aromatic rings. The van der Waals surface area contributed by atoms with Gasteiger partial charge in [-0.05, 0) is 69.1 Å². The number of nitrogens with zero attached hydrogens (tertiary/aromatic N) is 4. The molecule has 0 spiro atoms. The summed E-state index contributed by atoms with van der Waals surface area (Å²) < 4.78 is 6.76. The molecule has 0 aliphatic heterocycles. The van der Waals surface area contributed by atoms with Gasteiger partial charge in [0.15, 0.2) is 4.91 Å². The Morgan fingerprint density at radius 1 is 1.16 bits per heavy atom. The van der Waals surface area contributed by atoms with Gasteiger partial charge in [-0.1, -0.05) is 39.3 Å². The maximum absolute atomic E-state index is 11.1. The molecule has 0 aliphatic rings. The molecule has 3 rings (SSSR count). The van der Waals surface area contributed by atoms with E-state index in [-0.39, 0.29) is 10.9 Å². The normalized spacial score (nSPS) is 12.6. The van der Waals surface area contributed by atoms with Crippen LogP contribution in [0.3, 0.4) is 0 Å². The molecular weight excluding hydrogens is 507 g/mol. The van der Waals surface area contributed by atoms with Crippen LogP contribution in [-0.2, 0) is 11.2 Å². The van der Waals surface area contributed by atoms with Crippen LogP contribution in [0.15, 0.2) is 42.5 Å². The van der Waals surface area contributed by atoms with E-state index in [9.17, 15) is 10.0 Å². The lowest BCUT2D eigenvalue weighted by Crippen LogP contribution is -2.27. The van der Waals surface area contributed by atoms with E-state index in [0.29, 0.717) is 23.7 Å². The van der Waals surface area contributed by atoms with Gasteiger partial charge in [-0.15, -0.1) is 0 Å². The fourth-order valence-electron chi connectivity index (χ4n) is 4.23. The first-order valence-corrected chi connectivity index (χ1v) is 14.6. The summed E-state index contributed by atoms with van der Waals surface area (Å²) in [5.41, 5.74) is 4.59. The van der Waals surface area contributed by atoms with Crippen molar-refractivity contribution < 1.29 is 9.73 Å². The number of fused-ring (bicyclic) bond motifs is 1. The molecule has 1 atom stereocenters. The molecule has 198 valence electrons. The van der Waals surface area contributed by atoms with Crippen molar-refractivity contribution in [1.82, 2.24) is 14.7 Å². The van der Waals surface area contributed by atoms with Gasteiger partial charge >= 0.3 is 5.71 Å². The van der Waals surface area contributed by atoms with Crippen molar-refractivity contribution in [3.05, 3.63) is 63.7 Å². The number of pyridine rings is 1. The van der Waals surface area contributed by atoms with Crippen molar-refractivity contribution in [3.8, 4) is 5.75 Å². The molecule has 0 saturated heterocycles. The van der Waals surface area contributed by atoms with Crippen molar-refractivity contribution in [2.24, 2.45) is 0 Å². The quantitative estimate of drug-likeness (QED) is 0.118. The van der Waals surface area contributed by atoms with Gasteiger partial charge in [0.05, 0.1) is 31.5 Å². The number of halogens is 1. The Morgan fingerprint density at radius 3 is 2.51 bits per heavy atom. The number of aromatic nitrogens is 1. The predicted octanol–water partition coefficient (Wildman–Crippen LogP) is 7.30. The zero-order valence-corrected chi connectivity index (χ0v) is 24.4. The largest absolute Gasteiger partial charge is 0.508 e. The average molecular weight is 544 g/mol. The van der Waals surface area contributed by atoms with Gasteiger partial charge in [0, 0.05) is 40.3 Å². The fourth-order valence-corrected chi connectivity index (χ4v) is 5.49. The van der Waals surface area contributed by atoms with Gasteiger partial charge < -0.3 is 5.11 Å². The fraction of sp³-hybridized carbons (Fsp3) is 0.429. The summed E-state index contributed by atoms with van der Waals surface area (Å²) in [6.45, 7) is 16.5. The number of benzene rings is 2. The van der Waals surface area contributed by atoms with Crippen molar-refractivity contribution in [2.45, 2.75) is 59.7 Å². The van der Waals surface area contributed by atoms with Gasteiger partial charge in [-0.25, -0.2) is 9.69 Å². The van der Waals surface area contributed by atoms with Crippen molar-refractivity contribution in [2.75, 3.05) is 24.8 Å². The third kappa shape index (κ3) is 7.07. The minimum atomic E-state index is -1.07. The minimum Gasteiger partial charge on any atom is -0.508 e. The van der Waals surface area contributed by atoms with E-state index in [1.807, 2.05) is 48.4 Å². The number of aryl methyl sites for hydroxylation is 1. The zero-order chi connectivity index (χ0) is 27.3. The molecule has 1 aromatic heterocycles. The first-order chi connectivity index (χ1) is 17.5. The van der Waals surface area contributed by atoms with E-state index in [2.05, 4.69) is 49.1 Å². The lowest BCUT2D eigenvalue weighted by atomic mass is 10.1. The van der Waals surface area contributed by atoms with Crippen molar-refractivity contribution in [3.63, 3.8) is 0 Å². The molecule has 0 bridgehead atoms. The van der Waals surface area contributed by atoms with E-state index < -0.39 is 8.15 Å². The molecule has 0 aliphatic carbocycles. The second kappa shape index (κ2) is 12.3. The average Bonchev–Trinajstić information content (AvgIpc) is 2.85. The number of anilines is 2. The Bertz CT molecular complexity index is 1300. The highest BCUT2D eigenvalue weighted by Crippen LogP contribution is 2.52. The van der Waals surface area contributed by atoms with Crippen LogP contribution in [0.4, 0.5) is 11.4 Å². The van der Waals surface area contributed by atoms with E-state index >= 15 is 0 Å². The summed E-state index contributed by atoms with van der Waals surface area (Å²) in [6, 6.07) is 13.2. The Morgan fingerprint density at radius 2 is 1.86 bits per heavy atom. The van der Waals surface area contributed by atoms with Crippen LogP contribution in [0.2, 0.25) is 5.02 Å². The zero-order valence-electron chi connectivity index (χ0n) is 22.7. The SMILES string of the molecule is CCN(CC)Cc1cc(N(OP(C)C(C)(C)CC(C)=[N+]=O)c2cc(C)nc3cc(Cl)ccc23)ccc1O. The summed E-state index contributed by atoms with van der Waals surface area (Å²) in [5.74, 6) is 0.250. The number of hydrogen-bond acceptors (Lipinski definition) is 6. The molecule has 0 amide bonds. The standard InChI is InChI=1S/C28H36ClN4O3P/c1-8-32(9-2)18-21-15-23(11-13-27(21)34)33(36-37(7)28(5,6)17-20(4)31-35)26-14-19(3)30-25-16-22(29)10-12-24(25)26/h10-16H,8-9,17-18H2,1-7H3/p+1. The van der Waals surface area contributed by atoms with Crippen LogP contribution >= 0.6 is 19.7 Å². The van der Waals surface area contributed by atoms with Gasteiger partial charge in [0.2, 0.25) is 4.85 Å². The van der Waals surface area contributed by atoms with Crippen molar-refractivity contribution >= 4 is 47.7 Å². The van der Waals surface area contributed by atoms with Crippen LogP contribution in [-0.4, -0.2) is 45.6 Å². The van der Waals surface area contributed by atoms with E-state index in [0.717, 1.165) is 46.6 Å². The lowest BCUT2D eigenvalue weighted by molar-refractivity contribution is 0.290. The Labute approximate surface area is 225 Å². The maximum Gasteiger partial charge on any atom is 0.347 e. The summed E-state index contributed by atoms with van der Waals surface area (Å²) in [5, 5.41) is 13.7. The second-order valence-corrected chi connectivity index (χ2v) is 12.7. The number of phenolic OH excluding ortho intramolecular Hbond substituents is 1. The monoisotopic (exact) mass is 543 g/mol. The van der Waals surface area contributed by atoms with Crippen molar-refractivity contribution in [1.29, 1.82) is 0 Å². The molecular formula is C28H37ClN4O3P+. The summed E-state index contributed by atoms with van der Waals surface area (Å²) in [7, 11) is -1.07. The highest BCUT2D eigenvalue weighted by molar-refractivity contribution is 7.53. The van der Waals surface area contributed by atoms with Crippen LogP contribution in [0.5, 0.6) is 5.75 Å². The third-order valence-electron chi connectivity index (χ3n) is 6.58. The highest BCUT2D eigenvalue weighted by atomic mass is 35.5. The number of nitroso groups, excluding NO2 is 1. The maximum atomic E-state index is 11.1. The molecule has 0 saturated carbocycles. The minimum absolute atomic E-state index is 0.250. The molecule has 1 N–H and O–H groups in total. The Balaban J connectivity index is 2.17.